The zero-order valence-electron chi connectivity index (χ0n) is 35.8. The first-order valence-electron chi connectivity index (χ1n) is 20.1. The Bertz CT molecular complexity index is 2820. The predicted octanol–water partition coefficient (Wildman–Crippen LogP) is 5.35. The Labute approximate surface area is 394 Å². The van der Waals surface area contributed by atoms with Crippen LogP contribution < -0.4 is 24.2 Å². The number of carbonyl (C=O) groups is 2. The number of sulfonamides is 2. The molecular formula is C44H45IN8O11S2. The molecule has 0 radical (unpaired) electrons. The lowest BCUT2D eigenvalue weighted by atomic mass is 10.2. The minimum atomic E-state index is -4.93. The molecule has 2 atom stereocenters. The summed E-state index contributed by atoms with van der Waals surface area (Å²) in [7, 11) is -5.30. The van der Waals surface area contributed by atoms with Gasteiger partial charge < -0.3 is 34.3 Å². The minimum Gasteiger partial charge on any atom is -0.497 e. The topological polar surface area (TPSA) is 234 Å². The number of carboxylic acid groups (broad SMARTS) is 1. The van der Waals surface area contributed by atoms with Gasteiger partial charge in [0, 0.05) is 29.7 Å². The lowest BCUT2D eigenvalue weighted by molar-refractivity contribution is 0.133. The predicted molar refractivity (Wildman–Crippen MR) is 248 cm³/mol. The molecule has 1 aliphatic rings. The molecule has 19 nitrogen and oxygen atoms in total. The lowest BCUT2D eigenvalue weighted by Gasteiger charge is -2.27. The molecule has 22 heteroatoms. The minimum absolute atomic E-state index is 0.0549. The van der Waals surface area contributed by atoms with Crippen LogP contribution in [0.3, 0.4) is 0 Å². The molecule has 66 heavy (non-hydrogen) atoms. The van der Waals surface area contributed by atoms with E-state index in [9.17, 15) is 14.7 Å². The number of aromatic nitrogens is 4. The van der Waals surface area contributed by atoms with Crippen LogP contribution in [0.15, 0.2) is 125 Å². The average Bonchev–Trinajstić information content (AvgIpc) is 3.95. The van der Waals surface area contributed by atoms with Gasteiger partial charge in [-0.15, -0.1) is 5.10 Å². The van der Waals surface area contributed by atoms with Crippen molar-refractivity contribution in [2.45, 2.75) is 48.1 Å². The zero-order chi connectivity index (χ0) is 47.0. The fourth-order valence-electron chi connectivity index (χ4n) is 7.24. The molecule has 0 saturated carbocycles. The average molecular weight is 1050 g/mol. The van der Waals surface area contributed by atoms with Crippen LogP contribution in [0.4, 0.5) is 9.59 Å². The maximum Gasteiger partial charge on any atom is 0.407 e. The van der Waals surface area contributed by atoms with Gasteiger partial charge in [0.2, 0.25) is 20.0 Å². The molecule has 0 bridgehead atoms. The molecule has 5 aromatic carbocycles. The summed E-state index contributed by atoms with van der Waals surface area (Å²) in [4.78, 5) is 24.9. The smallest absolute Gasteiger partial charge is 0.407 e. The molecule has 2 heterocycles. The number of tetrazole rings is 1. The van der Waals surface area contributed by atoms with Crippen molar-refractivity contribution in [1.29, 1.82) is 0 Å². The van der Waals surface area contributed by atoms with Crippen LogP contribution in [0.25, 0.3) is 11.4 Å². The van der Waals surface area contributed by atoms with Crippen LogP contribution in [-0.4, -0.2) is 110 Å². The van der Waals surface area contributed by atoms with Crippen molar-refractivity contribution in [3.8, 4) is 28.6 Å². The third-order valence-corrected chi connectivity index (χ3v) is 15.1. The van der Waals surface area contributed by atoms with Crippen molar-refractivity contribution in [2.24, 2.45) is 0 Å². The van der Waals surface area contributed by atoms with E-state index in [-0.39, 0.29) is 44.2 Å². The number of methoxy groups -OCH3 is 3. The Morgan fingerprint density at radius 1 is 0.742 bits per heavy atom. The molecule has 1 aliphatic heterocycles. The van der Waals surface area contributed by atoms with Crippen LogP contribution in [0.1, 0.15) is 22.3 Å². The van der Waals surface area contributed by atoms with Gasteiger partial charge in [-0.1, -0.05) is 66.7 Å². The van der Waals surface area contributed by atoms with Crippen molar-refractivity contribution in [1.82, 2.24) is 39.5 Å². The van der Waals surface area contributed by atoms with Crippen LogP contribution in [0.5, 0.6) is 17.2 Å². The number of ether oxygens (including phenoxy) is 4. The molecule has 1 fully saturated rings. The molecule has 0 spiro atoms. The summed E-state index contributed by atoms with van der Waals surface area (Å²) in [5, 5.41) is 24.9. The third-order valence-electron chi connectivity index (χ3n) is 10.7. The van der Waals surface area contributed by atoms with Crippen molar-refractivity contribution in [3.05, 3.63) is 141 Å². The molecule has 0 aliphatic carbocycles. The number of rotatable bonds is 18. The number of nitrogens with zero attached hydrogens (tertiary/aromatic N) is 6. The number of benzene rings is 5. The molecule has 1 aromatic heterocycles. The van der Waals surface area contributed by atoms with E-state index in [0.717, 1.165) is 20.8 Å². The molecular weight excluding hydrogens is 1010 g/mol. The molecule has 3 N–H and O–H groups in total. The summed E-state index contributed by atoms with van der Waals surface area (Å²) in [5.74, 6) is 1.63. The number of nitrogens with one attached hydrogen (secondary N) is 2. The van der Waals surface area contributed by atoms with E-state index in [1.165, 1.54) is 32.1 Å². The van der Waals surface area contributed by atoms with Crippen molar-refractivity contribution >= 4 is 54.8 Å². The van der Waals surface area contributed by atoms with Gasteiger partial charge in [0.15, 0.2) is 5.82 Å². The Balaban J connectivity index is 1.34. The highest BCUT2D eigenvalue weighted by molar-refractivity contribution is 14.1. The number of halogens is 1. The summed E-state index contributed by atoms with van der Waals surface area (Å²) in [6.45, 7) is -1.19. The number of hydrogen-bond acceptors (Lipinski definition) is 13. The second-order valence-electron chi connectivity index (χ2n) is 15.0. The molecule has 2 amide bonds. The van der Waals surface area contributed by atoms with Crippen LogP contribution in [0.2, 0.25) is 0 Å². The summed E-state index contributed by atoms with van der Waals surface area (Å²) in [5.41, 5.74) is 2.42. The van der Waals surface area contributed by atoms with E-state index < -0.39 is 60.7 Å². The highest BCUT2D eigenvalue weighted by Crippen LogP contribution is 2.39. The van der Waals surface area contributed by atoms with Gasteiger partial charge in [-0.05, 0) is 104 Å². The number of likely N-dealkylation sites (tertiary alicyclic amines) is 1. The quantitative estimate of drug-likeness (QED) is 0.0922. The Morgan fingerprint density at radius 3 is 1.83 bits per heavy atom. The molecule has 346 valence electrons. The van der Waals surface area contributed by atoms with E-state index in [2.05, 4.69) is 25.6 Å². The Kier molecular flexibility index (Phi) is 15.1. The number of hydrogen-bond donors (Lipinski definition) is 3. The summed E-state index contributed by atoms with van der Waals surface area (Å²) >= 11 is 1.92. The van der Waals surface area contributed by atoms with E-state index in [0.29, 0.717) is 37.5 Å². The summed E-state index contributed by atoms with van der Waals surface area (Å²) < 4.78 is 88.3. The maximum absolute atomic E-state index is 15.8. The molecule has 1 saturated heterocycles. The van der Waals surface area contributed by atoms with E-state index in [4.69, 9.17) is 18.9 Å². The highest BCUT2D eigenvalue weighted by atomic mass is 127. The number of carbonyl (C=O) groups excluding carboxylic acids is 1. The molecule has 7 rings (SSSR count). The van der Waals surface area contributed by atoms with Gasteiger partial charge >= 0.3 is 12.2 Å². The second-order valence-corrected chi connectivity index (χ2v) is 19.7. The van der Waals surface area contributed by atoms with Crippen LogP contribution in [0, 0.1) is 3.57 Å². The molecule has 0 unspecified atom stereocenters. The van der Waals surface area contributed by atoms with Gasteiger partial charge in [0.25, 0.3) is 0 Å². The maximum atomic E-state index is 15.8. The Morgan fingerprint density at radius 2 is 1.29 bits per heavy atom. The first kappa shape index (κ1) is 47.6. The van der Waals surface area contributed by atoms with Gasteiger partial charge in [-0.2, -0.15) is 4.31 Å². The monoisotopic (exact) mass is 1050 g/mol. The largest absolute Gasteiger partial charge is 0.497 e. The third kappa shape index (κ3) is 11.2. The van der Waals surface area contributed by atoms with Crippen molar-refractivity contribution in [2.75, 3.05) is 34.4 Å². The zero-order valence-corrected chi connectivity index (χ0v) is 39.6. The van der Waals surface area contributed by atoms with Gasteiger partial charge in [-0.25, -0.2) is 35.8 Å². The Hall–Kier alpha value is -6.34. The van der Waals surface area contributed by atoms with Gasteiger partial charge in [0.05, 0.1) is 45.5 Å². The van der Waals surface area contributed by atoms with Crippen molar-refractivity contribution < 1.29 is 50.5 Å². The van der Waals surface area contributed by atoms with E-state index in [1.54, 1.807) is 103 Å². The number of amides is 2. The van der Waals surface area contributed by atoms with Crippen LogP contribution in [-0.2, 0) is 51.0 Å². The standard InChI is InChI=1S/C44H45IN8O11S2/c1-61-33-15-9-29(10-16-33)23-52(24-30-11-17-34(62-2)18-12-30)66(59,60)41-39(22-21-36(45)40(41)42-47-49-50-53(42)25-31-13-19-35(63-3)20-14-31)65(57,58)48-38-27-51(44(55)56)26-37(38)46-43(54)64-28-32-7-5-4-6-8-32/h4-22,37-38,48H,23-28H2,1-3H3,(H,46,54)(H,55,56)/t37-,38+/m0/s1. The molecule has 6 aromatic rings. The van der Waals surface area contributed by atoms with Gasteiger partial charge in [-0.3, -0.25) is 0 Å². The van der Waals surface area contributed by atoms with Crippen LogP contribution >= 0.6 is 22.6 Å². The normalized spacial score (nSPS) is 15.1. The SMILES string of the molecule is COc1ccc(CN(Cc2ccc(OC)cc2)S(=O)(=O)c2c(S(=O)(=O)N[C@@H]3CN(C(=O)O)C[C@@H]3NC(=O)OCc3ccccc3)ccc(I)c2-c2nnnn2Cc2ccc(OC)cc2)cc1. The number of alkyl carbamates (subject to hydrolysis) is 1. The van der Waals surface area contributed by atoms with Gasteiger partial charge in [0.1, 0.15) is 33.6 Å². The first-order chi connectivity index (χ1) is 31.7. The fraction of sp³-hybridized carbons (Fsp3) is 0.250. The summed E-state index contributed by atoms with van der Waals surface area (Å²) in [6, 6.07) is 29.6. The first-order valence-corrected chi connectivity index (χ1v) is 24.1. The second kappa shape index (κ2) is 20.9. The van der Waals surface area contributed by atoms with E-state index >= 15 is 16.8 Å². The fourth-order valence-corrected chi connectivity index (χ4v) is 11.8. The van der Waals surface area contributed by atoms with E-state index in [1.807, 2.05) is 22.6 Å². The lowest BCUT2D eigenvalue weighted by Crippen LogP contribution is -2.51. The van der Waals surface area contributed by atoms with Crippen molar-refractivity contribution in [3.63, 3.8) is 0 Å². The highest BCUT2D eigenvalue weighted by Gasteiger charge is 2.42. The summed E-state index contributed by atoms with van der Waals surface area (Å²) in [6.07, 6.45) is -2.28.